The Labute approximate surface area is 149 Å². The molecule has 3 rings (SSSR count). The van der Waals surface area contributed by atoms with E-state index in [-0.39, 0.29) is 18.2 Å². The quantitative estimate of drug-likeness (QED) is 0.641. The van der Waals surface area contributed by atoms with Crippen molar-refractivity contribution in [3.63, 3.8) is 0 Å². The molecule has 7 heteroatoms. The van der Waals surface area contributed by atoms with E-state index in [1.807, 2.05) is 19.9 Å². The van der Waals surface area contributed by atoms with Crippen LogP contribution in [0.3, 0.4) is 0 Å². The minimum atomic E-state index is -1.18. The number of H-pyrrole nitrogens is 1. The first-order chi connectivity index (χ1) is 11.6. The van der Waals surface area contributed by atoms with Crippen LogP contribution in [0.5, 0.6) is 0 Å². The zero-order valence-electron chi connectivity index (χ0n) is 15.8. The number of ether oxygens (including phenoxy) is 2. The number of hydrogen-bond acceptors (Lipinski definition) is 4. The van der Waals surface area contributed by atoms with Gasteiger partial charge in [0.15, 0.2) is 0 Å². The minimum Gasteiger partial charge on any atom is -0.376 e. The Morgan fingerprint density at radius 2 is 1.92 bits per heavy atom. The van der Waals surface area contributed by atoms with E-state index < -0.39 is 19.0 Å². The normalized spacial score (nSPS) is 21.2. The molecule has 1 fully saturated rings. The molecule has 0 atom stereocenters. The predicted octanol–water partition coefficient (Wildman–Crippen LogP) is 2.03. The highest BCUT2D eigenvalue weighted by Crippen LogP contribution is 2.46. The highest BCUT2D eigenvalue weighted by molar-refractivity contribution is 6.76. The molecule has 1 aromatic heterocycles. The molecule has 25 heavy (non-hydrogen) atoms. The van der Waals surface area contributed by atoms with Crippen LogP contribution in [0.25, 0.3) is 0 Å². The van der Waals surface area contributed by atoms with E-state index in [1.54, 1.807) is 4.90 Å². The average Bonchev–Trinajstić information content (AvgIpc) is 2.46. The van der Waals surface area contributed by atoms with E-state index in [2.05, 4.69) is 24.6 Å². The van der Waals surface area contributed by atoms with Crippen molar-refractivity contribution < 1.29 is 14.3 Å². The van der Waals surface area contributed by atoms with Crippen LogP contribution in [-0.4, -0.2) is 50.4 Å². The number of aromatic amines is 1. The fourth-order valence-corrected chi connectivity index (χ4v) is 4.22. The number of hydrogen-bond donors (Lipinski definition) is 1. The topological polar surface area (TPSA) is 71.6 Å². The van der Waals surface area contributed by atoms with Gasteiger partial charge >= 0.3 is 0 Å². The van der Waals surface area contributed by atoms with Crippen molar-refractivity contribution in [2.45, 2.75) is 50.5 Å². The zero-order chi connectivity index (χ0) is 18.5. The summed E-state index contributed by atoms with van der Waals surface area (Å²) >= 11 is 0. The van der Waals surface area contributed by atoms with Crippen LogP contribution in [0.2, 0.25) is 25.7 Å². The lowest BCUT2D eigenvalue weighted by atomic mass is 9.71. The Bertz CT molecular complexity index is 731. The monoisotopic (exact) mass is 364 g/mol. The van der Waals surface area contributed by atoms with Crippen LogP contribution < -0.4 is 5.56 Å². The summed E-state index contributed by atoms with van der Waals surface area (Å²) in [5.74, 6) is -0.0295. The van der Waals surface area contributed by atoms with Crippen molar-refractivity contribution in [3.05, 3.63) is 33.7 Å². The number of pyridine rings is 1. The van der Waals surface area contributed by atoms with Crippen LogP contribution in [0.15, 0.2) is 16.9 Å². The van der Waals surface area contributed by atoms with Gasteiger partial charge in [0.25, 0.3) is 0 Å². The molecular formula is C18H28N2O4Si. The van der Waals surface area contributed by atoms with Gasteiger partial charge in [-0.2, -0.15) is 0 Å². The van der Waals surface area contributed by atoms with Gasteiger partial charge in [0, 0.05) is 32.0 Å². The summed E-state index contributed by atoms with van der Waals surface area (Å²) in [6.07, 6.45) is 0. The number of amides is 1. The first kappa shape index (κ1) is 18.4. The Hall–Kier alpha value is -1.44. The number of carbonyl (C=O) groups is 1. The van der Waals surface area contributed by atoms with Crippen molar-refractivity contribution >= 4 is 14.0 Å². The van der Waals surface area contributed by atoms with Crippen molar-refractivity contribution in [1.29, 1.82) is 0 Å². The fraction of sp³-hybridized carbons (Fsp3) is 0.667. The van der Waals surface area contributed by atoms with Gasteiger partial charge in [0.1, 0.15) is 12.3 Å². The number of fused-ring (bicyclic) bond motifs is 2. The van der Waals surface area contributed by atoms with E-state index in [9.17, 15) is 9.59 Å². The lowest BCUT2D eigenvalue weighted by Gasteiger charge is -2.55. The molecule has 0 radical (unpaired) electrons. The molecule has 1 aromatic rings. The second kappa shape index (κ2) is 6.07. The molecule has 2 aliphatic heterocycles. The number of nitrogens with one attached hydrogen (secondary N) is 1. The first-order valence-corrected chi connectivity index (χ1v) is 12.5. The second-order valence-electron chi connectivity index (χ2n) is 8.84. The molecule has 0 saturated carbocycles. The summed E-state index contributed by atoms with van der Waals surface area (Å²) < 4.78 is 11.4. The number of rotatable bonds is 5. The van der Waals surface area contributed by atoms with Crippen LogP contribution in [0, 0.1) is 0 Å². The summed E-state index contributed by atoms with van der Waals surface area (Å²) in [4.78, 5) is 29.7. The third-order valence-electron chi connectivity index (χ3n) is 5.24. The Kier molecular flexibility index (Phi) is 4.46. The van der Waals surface area contributed by atoms with Crippen LogP contribution in [-0.2, 0) is 25.2 Å². The minimum absolute atomic E-state index is 0.0295. The zero-order valence-corrected chi connectivity index (χ0v) is 16.8. The summed E-state index contributed by atoms with van der Waals surface area (Å²) in [6, 6.07) is 4.42. The van der Waals surface area contributed by atoms with Crippen LogP contribution >= 0.6 is 0 Å². The first-order valence-electron chi connectivity index (χ1n) is 8.80. The standard InChI is InChI=1S/C18H28N2O4Si/c1-17(2)15-13(6-7-14(21)19-15)18(10-24-11-18)20(16(17)22)12-23-8-9-25(3,4)5/h6-7H,8-12H2,1-5H3,(H,19,21). The van der Waals surface area contributed by atoms with Gasteiger partial charge in [-0.1, -0.05) is 19.6 Å². The molecule has 1 amide bonds. The molecule has 1 spiro atoms. The Morgan fingerprint density at radius 3 is 2.48 bits per heavy atom. The lowest BCUT2D eigenvalue weighted by molar-refractivity contribution is -0.196. The maximum atomic E-state index is 13.2. The van der Waals surface area contributed by atoms with Gasteiger partial charge in [0.05, 0.1) is 18.6 Å². The molecule has 2 aliphatic rings. The summed E-state index contributed by atoms with van der Waals surface area (Å²) in [5, 5.41) is 0. The molecule has 138 valence electrons. The van der Waals surface area contributed by atoms with Crippen molar-refractivity contribution in [2.24, 2.45) is 0 Å². The molecule has 3 heterocycles. The third kappa shape index (κ3) is 3.09. The van der Waals surface area contributed by atoms with Crippen LogP contribution in [0.1, 0.15) is 25.1 Å². The van der Waals surface area contributed by atoms with Gasteiger partial charge in [-0.3, -0.25) is 9.59 Å². The largest absolute Gasteiger partial charge is 0.376 e. The lowest BCUT2D eigenvalue weighted by Crippen LogP contribution is -2.68. The van der Waals surface area contributed by atoms with Gasteiger partial charge in [0.2, 0.25) is 11.5 Å². The fourth-order valence-electron chi connectivity index (χ4n) is 3.46. The highest BCUT2D eigenvalue weighted by atomic mass is 28.3. The van der Waals surface area contributed by atoms with Gasteiger partial charge in [-0.25, -0.2) is 0 Å². The number of nitrogens with zero attached hydrogens (tertiary/aromatic N) is 1. The maximum Gasteiger partial charge on any atom is 0.248 e. The van der Waals surface area contributed by atoms with Gasteiger partial charge in [-0.05, 0) is 26.0 Å². The maximum absolute atomic E-state index is 13.2. The van der Waals surface area contributed by atoms with E-state index in [4.69, 9.17) is 9.47 Å². The average molecular weight is 365 g/mol. The molecule has 0 aromatic carbocycles. The molecular weight excluding hydrogens is 336 g/mol. The number of aromatic nitrogens is 1. The molecule has 0 bridgehead atoms. The van der Waals surface area contributed by atoms with E-state index in [1.165, 1.54) is 6.07 Å². The van der Waals surface area contributed by atoms with Crippen molar-refractivity contribution in [3.8, 4) is 0 Å². The highest BCUT2D eigenvalue weighted by Gasteiger charge is 2.57. The van der Waals surface area contributed by atoms with Crippen molar-refractivity contribution in [2.75, 3.05) is 26.6 Å². The second-order valence-corrected chi connectivity index (χ2v) is 14.5. The smallest absolute Gasteiger partial charge is 0.248 e. The molecule has 6 nitrogen and oxygen atoms in total. The van der Waals surface area contributed by atoms with Gasteiger partial charge in [-0.15, -0.1) is 0 Å². The molecule has 0 unspecified atom stereocenters. The SMILES string of the molecule is CC1(C)C(=O)N(COCC[Si](C)(C)C)C2(COC2)c2ccc(=O)[nH]c21. The molecule has 1 saturated heterocycles. The summed E-state index contributed by atoms with van der Waals surface area (Å²) in [5.41, 5.74) is 0.169. The molecule has 0 aliphatic carbocycles. The van der Waals surface area contributed by atoms with Crippen molar-refractivity contribution in [1.82, 2.24) is 9.88 Å². The predicted molar refractivity (Wildman–Crippen MR) is 98.4 cm³/mol. The molecule has 1 N–H and O–H groups in total. The van der Waals surface area contributed by atoms with Gasteiger partial charge < -0.3 is 19.4 Å². The summed E-state index contributed by atoms with van der Waals surface area (Å²) in [7, 11) is -1.18. The Morgan fingerprint density at radius 1 is 1.24 bits per heavy atom. The van der Waals surface area contributed by atoms with Crippen LogP contribution in [0.4, 0.5) is 0 Å². The summed E-state index contributed by atoms with van der Waals surface area (Å²) in [6.45, 7) is 12.4. The number of carbonyl (C=O) groups excluding carboxylic acids is 1. The third-order valence-corrected chi connectivity index (χ3v) is 6.94. The van der Waals surface area contributed by atoms with E-state index in [0.717, 1.165) is 11.6 Å². The Balaban J connectivity index is 1.90. The van der Waals surface area contributed by atoms with E-state index in [0.29, 0.717) is 25.5 Å². The van der Waals surface area contributed by atoms with E-state index >= 15 is 0 Å².